The Morgan fingerprint density at radius 1 is 1.28 bits per heavy atom. The maximum absolute atomic E-state index is 5.70. The fraction of sp³-hybridized carbons (Fsp3) is 0.167. The highest BCUT2D eigenvalue weighted by Gasteiger charge is 2.09. The number of hydrogen-bond acceptors (Lipinski definition) is 5. The molecule has 0 radical (unpaired) electrons. The number of nitrogens with zero attached hydrogens (tertiary/aromatic N) is 3. The van der Waals surface area contributed by atoms with Gasteiger partial charge in [-0.25, -0.2) is 4.98 Å². The van der Waals surface area contributed by atoms with Gasteiger partial charge in [0.15, 0.2) is 0 Å². The lowest BCUT2D eigenvalue weighted by molar-refractivity contribution is 0.415. The van der Waals surface area contributed by atoms with Crippen LogP contribution in [0.25, 0.3) is 0 Å². The summed E-state index contributed by atoms with van der Waals surface area (Å²) in [4.78, 5) is 10.3. The van der Waals surface area contributed by atoms with E-state index in [0.717, 1.165) is 11.4 Å². The van der Waals surface area contributed by atoms with E-state index in [9.17, 15) is 0 Å². The molecule has 0 aliphatic rings. The highest BCUT2D eigenvalue weighted by atomic mass is 79.9. The molecule has 2 aromatic rings. The molecule has 0 fully saturated rings. The van der Waals surface area contributed by atoms with Gasteiger partial charge in [0.05, 0.1) is 7.11 Å². The maximum atomic E-state index is 5.70. The van der Waals surface area contributed by atoms with Crippen LogP contribution in [0.3, 0.4) is 0 Å². The van der Waals surface area contributed by atoms with Gasteiger partial charge in [-0.2, -0.15) is 4.98 Å². The standard InChI is InChI=1S/C12H13BrN4O/c1-17(8-4-3-5-9(6-8)18-2)12-15-10(13)7-11(14)16-12/h3-7H,1-2H3,(H2,14,15,16). The van der Waals surface area contributed by atoms with E-state index in [4.69, 9.17) is 10.5 Å². The maximum Gasteiger partial charge on any atom is 0.232 e. The van der Waals surface area contributed by atoms with Crippen LogP contribution in [0, 0.1) is 0 Å². The molecule has 0 atom stereocenters. The Balaban J connectivity index is 2.37. The van der Waals surface area contributed by atoms with Crippen molar-refractivity contribution in [2.24, 2.45) is 0 Å². The third-order valence-corrected chi connectivity index (χ3v) is 2.85. The minimum atomic E-state index is 0.418. The predicted octanol–water partition coefficient (Wildman–Crippen LogP) is 2.60. The molecule has 0 amide bonds. The van der Waals surface area contributed by atoms with Gasteiger partial charge in [0.25, 0.3) is 0 Å². The zero-order valence-electron chi connectivity index (χ0n) is 10.1. The molecule has 2 N–H and O–H groups in total. The number of benzene rings is 1. The molecule has 1 heterocycles. The lowest BCUT2D eigenvalue weighted by Crippen LogP contribution is -2.14. The summed E-state index contributed by atoms with van der Waals surface area (Å²) in [6.45, 7) is 0. The normalized spacial score (nSPS) is 10.2. The van der Waals surface area contributed by atoms with Gasteiger partial charge >= 0.3 is 0 Å². The Morgan fingerprint density at radius 2 is 2.06 bits per heavy atom. The first-order valence-corrected chi connectivity index (χ1v) is 6.07. The van der Waals surface area contributed by atoms with Crippen molar-refractivity contribution in [1.29, 1.82) is 0 Å². The number of halogens is 1. The Kier molecular flexibility index (Phi) is 3.66. The molecule has 0 aliphatic carbocycles. The number of rotatable bonds is 3. The summed E-state index contributed by atoms with van der Waals surface area (Å²) < 4.78 is 5.84. The lowest BCUT2D eigenvalue weighted by atomic mass is 10.3. The van der Waals surface area contributed by atoms with Gasteiger partial charge < -0.3 is 15.4 Å². The Bertz CT molecular complexity index is 541. The molecule has 5 nitrogen and oxygen atoms in total. The van der Waals surface area contributed by atoms with E-state index < -0.39 is 0 Å². The van der Waals surface area contributed by atoms with E-state index in [-0.39, 0.29) is 0 Å². The number of methoxy groups -OCH3 is 1. The molecule has 0 bridgehead atoms. The third-order valence-electron chi connectivity index (χ3n) is 2.44. The Labute approximate surface area is 114 Å². The number of hydrogen-bond donors (Lipinski definition) is 1. The molecule has 1 aromatic heterocycles. The molecule has 0 unspecified atom stereocenters. The molecule has 1 aromatic carbocycles. The second-order valence-electron chi connectivity index (χ2n) is 3.68. The number of nitrogen functional groups attached to an aromatic ring is 1. The minimum absolute atomic E-state index is 0.418. The van der Waals surface area contributed by atoms with Crippen LogP contribution in [0.15, 0.2) is 34.9 Å². The fourth-order valence-electron chi connectivity index (χ4n) is 1.51. The van der Waals surface area contributed by atoms with Crippen LogP contribution in [0.5, 0.6) is 5.75 Å². The molecule has 0 spiro atoms. The molecule has 6 heteroatoms. The third kappa shape index (κ3) is 2.70. The highest BCUT2D eigenvalue weighted by molar-refractivity contribution is 9.10. The number of anilines is 3. The van der Waals surface area contributed by atoms with Gasteiger partial charge in [0.2, 0.25) is 5.95 Å². The zero-order chi connectivity index (χ0) is 13.1. The predicted molar refractivity (Wildman–Crippen MR) is 75.2 cm³/mol. The van der Waals surface area contributed by atoms with E-state index in [0.29, 0.717) is 16.4 Å². The quantitative estimate of drug-likeness (QED) is 0.883. The van der Waals surface area contributed by atoms with Crippen LogP contribution in [0.1, 0.15) is 0 Å². The van der Waals surface area contributed by atoms with Crippen LogP contribution in [0.4, 0.5) is 17.5 Å². The first-order valence-electron chi connectivity index (χ1n) is 5.28. The number of nitrogens with two attached hydrogens (primary N) is 1. The molecule has 0 aliphatic heterocycles. The summed E-state index contributed by atoms with van der Waals surface area (Å²) in [6.07, 6.45) is 0. The minimum Gasteiger partial charge on any atom is -0.497 e. The summed E-state index contributed by atoms with van der Waals surface area (Å²) >= 11 is 3.30. The molecule has 2 rings (SSSR count). The summed E-state index contributed by atoms with van der Waals surface area (Å²) in [5.74, 6) is 1.72. The van der Waals surface area contributed by atoms with Crippen LogP contribution in [0.2, 0.25) is 0 Å². The number of aromatic nitrogens is 2. The summed E-state index contributed by atoms with van der Waals surface area (Å²) in [5.41, 5.74) is 6.62. The van der Waals surface area contributed by atoms with E-state index in [1.165, 1.54) is 0 Å². The van der Waals surface area contributed by atoms with Crippen molar-refractivity contribution in [3.8, 4) is 5.75 Å². The van der Waals surface area contributed by atoms with Gasteiger partial charge in [0, 0.05) is 24.9 Å². The first-order chi connectivity index (χ1) is 8.60. The second kappa shape index (κ2) is 5.22. The SMILES string of the molecule is COc1cccc(N(C)c2nc(N)cc(Br)n2)c1. The van der Waals surface area contributed by atoms with Gasteiger partial charge in [-0.05, 0) is 28.1 Å². The lowest BCUT2D eigenvalue weighted by Gasteiger charge is -2.18. The van der Waals surface area contributed by atoms with Crippen LogP contribution < -0.4 is 15.4 Å². The van der Waals surface area contributed by atoms with Crippen molar-refractivity contribution in [2.75, 3.05) is 24.8 Å². The van der Waals surface area contributed by atoms with E-state index in [1.807, 2.05) is 36.2 Å². The van der Waals surface area contributed by atoms with Crippen molar-refractivity contribution in [1.82, 2.24) is 9.97 Å². The summed E-state index contributed by atoms with van der Waals surface area (Å²) in [5, 5.41) is 0. The van der Waals surface area contributed by atoms with Crippen LogP contribution >= 0.6 is 15.9 Å². The Morgan fingerprint density at radius 3 is 2.72 bits per heavy atom. The molecule has 0 saturated heterocycles. The van der Waals surface area contributed by atoms with Crippen molar-refractivity contribution >= 4 is 33.4 Å². The molecule has 94 valence electrons. The highest BCUT2D eigenvalue weighted by Crippen LogP contribution is 2.25. The van der Waals surface area contributed by atoms with Crippen molar-refractivity contribution in [3.05, 3.63) is 34.9 Å². The van der Waals surface area contributed by atoms with Crippen LogP contribution in [-0.2, 0) is 0 Å². The van der Waals surface area contributed by atoms with Crippen molar-refractivity contribution in [3.63, 3.8) is 0 Å². The average Bonchev–Trinajstić information content (AvgIpc) is 2.37. The van der Waals surface area contributed by atoms with E-state index >= 15 is 0 Å². The molecular formula is C12H13BrN4O. The monoisotopic (exact) mass is 308 g/mol. The van der Waals surface area contributed by atoms with Crippen molar-refractivity contribution < 1.29 is 4.74 Å². The second-order valence-corrected chi connectivity index (χ2v) is 4.49. The van der Waals surface area contributed by atoms with Crippen molar-refractivity contribution in [2.45, 2.75) is 0 Å². The summed E-state index contributed by atoms with van der Waals surface area (Å²) in [7, 11) is 3.50. The number of ether oxygens (including phenoxy) is 1. The summed E-state index contributed by atoms with van der Waals surface area (Å²) in [6, 6.07) is 9.30. The molecular weight excluding hydrogens is 296 g/mol. The topological polar surface area (TPSA) is 64.3 Å². The Hall–Kier alpha value is -1.82. The average molecular weight is 309 g/mol. The largest absolute Gasteiger partial charge is 0.497 e. The van der Waals surface area contributed by atoms with E-state index in [2.05, 4.69) is 25.9 Å². The first kappa shape index (κ1) is 12.6. The van der Waals surface area contributed by atoms with Gasteiger partial charge in [-0.3, -0.25) is 0 Å². The molecule has 0 saturated carbocycles. The smallest absolute Gasteiger partial charge is 0.232 e. The zero-order valence-corrected chi connectivity index (χ0v) is 11.7. The molecule has 18 heavy (non-hydrogen) atoms. The van der Waals surface area contributed by atoms with Gasteiger partial charge in [-0.15, -0.1) is 0 Å². The van der Waals surface area contributed by atoms with Gasteiger partial charge in [-0.1, -0.05) is 6.07 Å². The van der Waals surface area contributed by atoms with Crippen LogP contribution in [-0.4, -0.2) is 24.1 Å². The van der Waals surface area contributed by atoms with E-state index in [1.54, 1.807) is 13.2 Å². The fourth-order valence-corrected chi connectivity index (χ4v) is 1.90. The van der Waals surface area contributed by atoms with Gasteiger partial charge in [0.1, 0.15) is 16.2 Å².